The number of hydrogen-bond acceptors (Lipinski definition) is 3. The molecule has 0 saturated heterocycles. The molecule has 1 atom stereocenters. The van der Waals surface area contributed by atoms with Crippen LogP contribution >= 0.6 is 11.3 Å². The molecule has 114 valence electrons. The van der Waals surface area contributed by atoms with E-state index in [1.165, 1.54) is 4.88 Å². The maximum Gasteiger partial charge on any atom is 0.125 e. The molecule has 1 heterocycles. The highest BCUT2D eigenvalue weighted by atomic mass is 32.1. The molecule has 1 aromatic carbocycles. The van der Waals surface area contributed by atoms with Crippen LogP contribution in [0, 0.1) is 0 Å². The molecule has 0 radical (unpaired) electrons. The van der Waals surface area contributed by atoms with Gasteiger partial charge < -0.3 is 9.84 Å². The summed E-state index contributed by atoms with van der Waals surface area (Å²) in [5.41, 5.74) is 0.935. The van der Waals surface area contributed by atoms with Gasteiger partial charge in [0, 0.05) is 15.3 Å². The largest absolute Gasteiger partial charge is 0.491 e. The molecule has 2 rings (SSSR count). The van der Waals surface area contributed by atoms with E-state index in [4.69, 9.17) is 4.74 Å². The Morgan fingerprint density at radius 2 is 1.71 bits per heavy atom. The first-order valence-corrected chi connectivity index (χ1v) is 8.14. The molecule has 0 aliphatic carbocycles. The number of aliphatic hydroxyl groups is 1. The fourth-order valence-corrected chi connectivity index (χ4v) is 3.19. The Morgan fingerprint density at radius 3 is 2.29 bits per heavy atom. The summed E-state index contributed by atoms with van der Waals surface area (Å²) in [6, 6.07) is 11.8. The lowest BCUT2D eigenvalue weighted by molar-refractivity contribution is 0.200. The highest BCUT2D eigenvalue weighted by molar-refractivity contribution is 7.12. The van der Waals surface area contributed by atoms with Gasteiger partial charge in [-0.25, -0.2) is 0 Å². The topological polar surface area (TPSA) is 29.5 Å². The first kappa shape index (κ1) is 16.1. The molecule has 0 saturated carbocycles. The third-order valence-electron chi connectivity index (χ3n) is 3.21. The maximum absolute atomic E-state index is 10.7. The van der Waals surface area contributed by atoms with Gasteiger partial charge >= 0.3 is 0 Å². The number of aliphatic hydroxyl groups excluding tert-OH is 1. The van der Waals surface area contributed by atoms with Gasteiger partial charge in [0.1, 0.15) is 11.9 Å². The third-order valence-corrected chi connectivity index (χ3v) is 4.78. The summed E-state index contributed by atoms with van der Waals surface area (Å²) >= 11 is 1.66. The van der Waals surface area contributed by atoms with Crippen molar-refractivity contribution in [3.05, 3.63) is 51.7 Å². The first-order valence-electron chi connectivity index (χ1n) is 7.33. The smallest absolute Gasteiger partial charge is 0.125 e. The van der Waals surface area contributed by atoms with Crippen LogP contribution < -0.4 is 4.74 Å². The molecule has 21 heavy (non-hydrogen) atoms. The summed E-state index contributed by atoms with van der Waals surface area (Å²) in [6.45, 7) is 10.5. The van der Waals surface area contributed by atoms with Gasteiger partial charge in [-0.3, -0.25) is 0 Å². The Morgan fingerprint density at radius 1 is 1.05 bits per heavy atom. The predicted molar refractivity (Wildman–Crippen MR) is 89.3 cm³/mol. The Labute approximate surface area is 131 Å². The van der Waals surface area contributed by atoms with Crippen molar-refractivity contribution in [3.8, 4) is 5.75 Å². The molecule has 2 aromatic rings. The van der Waals surface area contributed by atoms with Crippen LogP contribution in [-0.4, -0.2) is 11.2 Å². The molecule has 0 fully saturated rings. The molecule has 0 aliphatic rings. The van der Waals surface area contributed by atoms with Crippen molar-refractivity contribution in [1.82, 2.24) is 0 Å². The van der Waals surface area contributed by atoms with Crippen molar-refractivity contribution in [2.45, 2.75) is 52.2 Å². The lowest BCUT2D eigenvalue weighted by atomic mass is 9.95. The molecule has 2 nitrogen and oxygen atoms in total. The van der Waals surface area contributed by atoms with Gasteiger partial charge in [0.25, 0.3) is 0 Å². The Hall–Kier alpha value is -1.32. The predicted octanol–water partition coefficient (Wildman–Crippen LogP) is 4.91. The zero-order valence-corrected chi connectivity index (χ0v) is 14.2. The van der Waals surface area contributed by atoms with Crippen LogP contribution in [0.4, 0.5) is 0 Å². The highest BCUT2D eigenvalue weighted by Crippen LogP contribution is 2.37. The first-order chi connectivity index (χ1) is 9.79. The number of ether oxygens (including phenoxy) is 1. The summed E-state index contributed by atoms with van der Waals surface area (Å²) in [5.74, 6) is 0.755. The zero-order valence-electron chi connectivity index (χ0n) is 13.4. The summed E-state index contributed by atoms with van der Waals surface area (Å²) < 4.78 is 5.81. The summed E-state index contributed by atoms with van der Waals surface area (Å²) in [5, 5.41) is 10.7. The van der Waals surface area contributed by atoms with Crippen molar-refractivity contribution in [2.24, 2.45) is 0 Å². The van der Waals surface area contributed by atoms with Gasteiger partial charge in [0.2, 0.25) is 0 Å². The van der Waals surface area contributed by atoms with Gasteiger partial charge in [-0.05, 0) is 37.5 Å². The molecule has 1 unspecified atom stereocenters. The SMILES string of the molecule is CC(C)Oc1ccccc1C(O)c1ccc(C(C)(C)C)s1. The second-order valence-corrected chi connectivity index (χ2v) is 7.67. The Bertz CT molecular complexity index is 593. The standard InChI is InChI=1S/C18H24O2S/c1-12(2)20-14-9-7-6-8-13(14)17(19)15-10-11-16(21-15)18(3,4)5/h6-12,17,19H,1-5H3. The molecule has 0 amide bonds. The molecule has 0 aliphatic heterocycles. The van der Waals surface area contributed by atoms with Crippen LogP contribution in [0.15, 0.2) is 36.4 Å². The van der Waals surface area contributed by atoms with Crippen LogP contribution in [0.3, 0.4) is 0 Å². The Balaban J connectivity index is 2.32. The second-order valence-electron chi connectivity index (χ2n) is 6.56. The van der Waals surface area contributed by atoms with Crippen molar-refractivity contribution in [1.29, 1.82) is 0 Å². The lowest BCUT2D eigenvalue weighted by Gasteiger charge is -2.18. The number of para-hydroxylation sites is 1. The van der Waals surface area contributed by atoms with Crippen molar-refractivity contribution >= 4 is 11.3 Å². The van der Waals surface area contributed by atoms with Crippen molar-refractivity contribution < 1.29 is 9.84 Å². The number of hydrogen-bond donors (Lipinski definition) is 1. The van der Waals surface area contributed by atoms with E-state index in [2.05, 4.69) is 26.8 Å². The molecule has 3 heteroatoms. The number of benzene rings is 1. The van der Waals surface area contributed by atoms with Gasteiger partial charge in [0.05, 0.1) is 6.10 Å². The van der Waals surface area contributed by atoms with Crippen LogP contribution in [0.1, 0.15) is 56.0 Å². The number of rotatable bonds is 4. The van der Waals surface area contributed by atoms with Crippen LogP contribution in [0.25, 0.3) is 0 Å². The van der Waals surface area contributed by atoms with E-state index in [-0.39, 0.29) is 11.5 Å². The van der Waals surface area contributed by atoms with Crippen LogP contribution in [0.2, 0.25) is 0 Å². The summed E-state index contributed by atoms with van der Waals surface area (Å²) in [4.78, 5) is 2.23. The van der Waals surface area contributed by atoms with E-state index < -0.39 is 6.10 Å². The van der Waals surface area contributed by atoms with E-state index >= 15 is 0 Å². The van der Waals surface area contributed by atoms with E-state index in [1.54, 1.807) is 11.3 Å². The van der Waals surface area contributed by atoms with Gasteiger partial charge in [-0.1, -0.05) is 39.0 Å². The minimum atomic E-state index is -0.638. The highest BCUT2D eigenvalue weighted by Gasteiger charge is 2.21. The molecule has 0 bridgehead atoms. The summed E-state index contributed by atoms with van der Waals surface area (Å²) in [7, 11) is 0. The van der Waals surface area contributed by atoms with Crippen molar-refractivity contribution in [2.75, 3.05) is 0 Å². The lowest BCUT2D eigenvalue weighted by Crippen LogP contribution is -2.09. The van der Waals surface area contributed by atoms with Gasteiger partial charge in [0.15, 0.2) is 0 Å². The van der Waals surface area contributed by atoms with Crippen LogP contribution in [-0.2, 0) is 5.41 Å². The van der Waals surface area contributed by atoms with E-state index in [1.807, 2.05) is 44.2 Å². The van der Waals surface area contributed by atoms with Crippen LogP contribution in [0.5, 0.6) is 5.75 Å². The zero-order chi connectivity index (χ0) is 15.6. The third kappa shape index (κ3) is 3.86. The second kappa shape index (κ2) is 6.20. The van der Waals surface area contributed by atoms with E-state index in [0.29, 0.717) is 0 Å². The molecule has 0 spiro atoms. The van der Waals surface area contributed by atoms with E-state index in [0.717, 1.165) is 16.2 Å². The van der Waals surface area contributed by atoms with E-state index in [9.17, 15) is 5.11 Å². The molecule has 1 aromatic heterocycles. The fraction of sp³-hybridized carbons (Fsp3) is 0.444. The Kier molecular flexibility index (Phi) is 4.74. The quantitative estimate of drug-likeness (QED) is 0.869. The molecular weight excluding hydrogens is 280 g/mol. The van der Waals surface area contributed by atoms with Gasteiger partial charge in [-0.2, -0.15) is 0 Å². The number of thiophene rings is 1. The van der Waals surface area contributed by atoms with Crippen molar-refractivity contribution in [3.63, 3.8) is 0 Å². The summed E-state index contributed by atoms with van der Waals surface area (Å²) in [6.07, 6.45) is -0.548. The van der Waals surface area contributed by atoms with Gasteiger partial charge in [-0.15, -0.1) is 11.3 Å². The monoisotopic (exact) mass is 304 g/mol. The minimum absolute atomic E-state index is 0.0896. The molecule has 1 N–H and O–H groups in total. The normalized spacial score (nSPS) is 13.5. The maximum atomic E-state index is 10.7. The molecular formula is C18H24O2S. The average Bonchev–Trinajstić information content (AvgIpc) is 2.87. The average molecular weight is 304 g/mol. The minimum Gasteiger partial charge on any atom is -0.491 e. The fourth-order valence-electron chi connectivity index (χ4n) is 2.12.